The Morgan fingerprint density at radius 2 is 2.10 bits per heavy atom. The number of aromatic nitrogens is 2. The summed E-state index contributed by atoms with van der Waals surface area (Å²) in [5.41, 5.74) is 0.647. The molecule has 0 aliphatic heterocycles. The maximum Gasteiger partial charge on any atom is 0.338 e. The number of carbonyl (C=O) groups excluding carboxylic acids is 1. The maximum atomic E-state index is 12.5. The summed E-state index contributed by atoms with van der Waals surface area (Å²) in [5.74, 6) is -0.708. The molecule has 0 amide bonds. The van der Waals surface area contributed by atoms with Gasteiger partial charge in [-0.2, -0.15) is 14.0 Å². The van der Waals surface area contributed by atoms with E-state index in [1.54, 1.807) is 0 Å². The molecule has 0 N–H and O–H groups in total. The minimum absolute atomic E-state index is 0.0398. The van der Waals surface area contributed by atoms with Gasteiger partial charge in [0, 0.05) is 12.4 Å². The van der Waals surface area contributed by atoms with Gasteiger partial charge < -0.3 is 4.74 Å². The summed E-state index contributed by atoms with van der Waals surface area (Å²) in [6.07, 6.45) is 2.31. The lowest BCUT2D eigenvalue weighted by molar-refractivity contribution is 0.0376. The van der Waals surface area contributed by atoms with Crippen molar-refractivity contribution in [1.29, 1.82) is 5.26 Å². The minimum atomic E-state index is -2.74. The van der Waals surface area contributed by atoms with Gasteiger partial charge in [-0.1, -0.05) is 0 Å². The predicted molar refractivity (Wildman–Crippen MR) is 63.8 cm³/mol. The number of alkyl halides is 2. The number of carbonyl (C=O) groups is 1. The Hall–Kier alpha value is -2.75. The van der Waals surface area contributed by atoms with Crippen LogP contribution >= 0.6 is 0 Å². The van der Waals surface area contributed by atoms with E-state index < -0.39 is 12.5 Å². The van der Waals surface area contributed by atoms with Crippen LogP contribution in [0, 0.1) is 11.3 Å². The second-order valence-corrected chi connectivity index (χ2v) is 3.79. The maximum absolute atomic E-state index is 12.5. The van der Waals surface area contributed by atoms with Crippen LogP contribution in [-0.2, 0) is 11.3 Å². The van der Waals surface area contributed by atoms with Gasteiger partial charge in [-0.15, -0.1) is 0 Å². The molecule has 0 fully saturated rings. The van der Waals surface area contributed by atoms with Crippen molar-refractivity contribution in [3.63, 3.8) is 0 Å². The molecule has 20 heavy (non-hydrogen) atoms. The van der Waals surface area contributed by atoms with Gasteiger partial charge in [0.1, 0.15) is 6.61 Å². The van der Waals surface area contributed by atoms with E-state index in [0.717, 1.165) is 6.20 Å². The lowest BCUT2D eigenvalue weighted by atomic mass is 10.1. The standard InChI is InChI=1S/C13H9F2N3O2/c14-13(15)18-6-5-17-11(18)8-20-12(19)10-3-1-9(7-16)2-4-10/h1-6,13H,8H2. The number of hydrogen-bond acceptors (Lipinski definition) is 4. The summed E-state index contributed by atoms with van der Waals surface area (Å²) >= 11 is 0. The molecule has 0 unspecified atom stereocenters. The van der Waals surface area contributed by atoms with Gasteiger partial charge in [0.25, 0.3) is 0 Å². The van der Waals surface area contributed by atoms with Gasteiger partial charge in [0.05, 0.1) is 17.2 Å². The highest BCUT2D eigenvalue weighted by Crippen LogP contribution is 2.14. The molecule has 0 aliphatic carbocycles. The van der Waals surface area contributed by atoms with Crippen molar-refractivity contribution >= 4 is 5.97 Å². The lowest BCUT2D eigenvalue weighted by Crippen LogP contribution is -2.10. The molecular formula is C13H9F2N3O2. The molecule has 0 atom stereocenters. The molecule has 0 aliphatic rings. The van der Waals surface area contributed by atoms with E-state index in [-0.39, 0.29) is 18.0 Å². The Bertz CT molecular complexity index is 644. The van der Waals surface area contributed by atoms with Crippen LogP contribution in [0.4, 0.5) is 8.78 Å². The van der Waals surface area contributed by atoms with Crippen LogP contribution in [0.1, 0.15) is 28.3 Å². The third-order valence-electron chi connectivity index (χ3n) is 2.54. The number of benzene rings is 1. The molecule has 0 saturated heterocycles. The Morgan fingerprint density at radius 3 is 2.70 bits per heavy atom. The van der Waals surface area contributed by atoms with Gasteiger partial charge in [0.2, 0.25) is 0 Å². The van der Waals surface area contributed by atoms with Crippen LogP contribution in [0.2, 0.25) is 0 Å². The van der Waals surface area contributed by atoms with E-state index in [0.29, 0.717) is 10.1 Å². The zero-order chi connectivity index (χ0) is 14.5. The number of nitriles is 1. The highest BCUT2D eigenvalue weighted by molar-refractivity contribution is 5.89. The van der Waals surface area contributed by atoms with E-state index >= 15 is 0 Å². The van der Waals surface area contributed by atoms with Crippen LogP contribution in [-0.4, -0.2) is 15.5 Å². The van der Waals surface area contributed by atoms with E-state index in [2.05, 4.69) is 4.98 Å². The Kier molecular flexibility index (Phi) is 4.05. The molecule has 1 aromatic carbocycles. The average Bonchev–Trinajstić information content (AvgIpc) is 2.93. The smallest absolute Gasteiger partial charge is 0.338 e. The Labute approximate surface area is 113 Å². The average molecular weight is 277 g/mol. The number of imidazole rings is 1. The van der Waals surface area contributed by atoms with Crippen molar-refractivity contribution in [3.8, 4) is 6.07 Å². The first-order valence-electron chi connectivity index (χ1n) is 5.59. The predicted octanol–water partition coefficient (Wildman–Crippen LogP) is 2.51. The summed E-state index contributed by atoms with van der Waals surface area (Å²) in [5, 5.41) is 8.63. The first-order chi connectivity index (χ1) is 9.61. The molecule has 5 nitrogen and oxygen atoms in total. The molecule has 1 heterocycles. The number of hydrogen-bond donors (Lipinski definition) is 0. The lowest BCUT2D eigenvalue weighted by Gasteiger charge is -2.07. The molecule has 0 radical (unpaired) electrons. The van der Waals surface area contributed by atoms with Gasteiger partial charge in [-0.3, -0.25) is 4.57 Å². The van der Waals surface area contributed by atoms with E-state index in [4.69, 9.17) is 10.00 Å². The molecule has 7 heteroatoms. The molecule has 0 bridgehead atoms. The summed E-state index contributed by atoms with van der Waals surface area (Å²) in [4.78, 5) is 15.4. The van der Waals surface area contributed by atoms with Crippen molar-refractivity contribution in [2.45, 2.75) is 13.2 Å². The third-order valence-corrected chi connectivity index (χ3v) is 2.54. The summed E-state index contributed by atoms with van der Waals surface area (Å²) < 4.78 is 30.6. The van der Waals surface area contributed by atoms with E-state index in [9.17, 15) is 13.6 Å². The highest BCUT2D eigenvalue weighted by atomic mass is 19.3. The summed E-state index contributed by atoms with van der Waals surface area (Å²) in [6.45, 7) is -3.09. The quantitative estimate of drug-likeness (QED) is 0.805. The Balaban J connectivity index is 2.01. The second kappa shape index (κ2) is 5.93. The third kappa shape index (κ3) is 2.98. The monoisotopic (exact) mass is 277 g/mol. The second-order valence-electron chi connectivity index (χ2n) is 3.79. The molecule has 102 valence electrons. The van der Waals surface area contributed by atoms with Crippen LogP contribution < -0.4 is 0 Å². The minimum Gasteiger partial charge on any atom is -0.454 e. The molecule has 2 aromatic rings. The largest absolute Gasteiger partial charge is 0.454 e. The number of esters is 1. The SMILES string of the molecule is N#Cc1ccc(C(=O)OCc2nccn2C(F)F)cc1. The number of halogens is 2. The summed E-state index contributed by atoms with van der Waals surface area (Å²) in [6, 6.07) is 7.72. The normalized spacial score (nSPS) is 10.3. The zero-order valence-corrected chi connectivity index (χ0v) is 10.2. The van der Waals surface area contributed by atoms with Gasteiger partial charge in [-0.05, 0) is 24.3 Å². The molecule has 0 saturated carbocycles. The van der Waals surface area contributed by atoms with Crippen molar-refractivity contribution in [3.05, 3.63) is 53.6 Å². The van der Waals surface area contributed by atoms with Crippen LogP contribution in [0.5, 0.6) is 0 Å². The molecule has 0 spiro atoms. The fourth-order valence-corrected chi connectivity index (χ4v) is 1.53. The van der Waals surface area contributed by atoms with E-state index in [1.807, 2.05) is 6.07 Å². The van der Waals surface area contributed by atoms with Crippen LogP contribution in [0.25, 0.3) is 0 Å². The van der Waals surface area contributed by atoms with Crippen molar-refractivity contribution < 1.29 is 18.3 Å². The summed E-state index contributed by atoms with van der Waals surface area (Å²) in [7, 11) is 0. The van der Waals surface area contributed by atoms with Crippen molar-refractivity contribution in [2.24, 2.45) is 0 Å². The Morgan fingerprint density at radius 1 is 1.40 bits per heavy atom. The van der Waals surface area contributed by atoms with Crippen LogP contribution in [0.15, 0.2) is 36.7 Å². The first kappa shape index (κ1) is 13.7. The topological polar surface area (TPSA) is 67.9 Å². The van der Waals surface area contributed by atoms with Crippen molar-refractivity contribution in [2.75, 3.05) is 0 Å². The number of nitrogens with zero attached hydrogens (tertiary/aromatic N) is 3. The number of rotatable bonds is 4. The molecular weight excluding hydrogens is 268 g/mol. The van der Waals surface area contributed by atoms with E-state index in [1.165, 1.54) is 30.5 Å². The number of ether oxygens (including phenoxy) is 1. The van der Waals surface area contributed by atoms with Gasteiger partial charge in [0.15, 0.2) is 5.82 Å². The zero-order valence-electron chi connectivity index (χ0n) is 10.2. The fourth-order valence-electron chi connectivity index (χ4n) is 1.53. The van der Waals surface area contributed by atoms with Gasteiger partial charge >= 0.3 is 12.5 Å². The highest BCUT2D eigenvalue weighted by Gasteiger charge is 2.14. The van der Waals surface area contributed by atoms with Crippen LogP contribution in [0.3, 0.4) is 0 Å². The van der Waals surface area contributed by atoms with Gasteiger partial charge in [-0.25, -0.2) is 9.78 Å². The fraction of sp³-hybridized carbons (Fsp3) is 0.154. The van der Waals surface area contributed by atoms with Crippen molar-refractivity contribution in [1.82, 2.24) is 9.55 Å². The first-order valence-corrected chi connectivity index (χ1v) is 5.59. The molecule has 1 aromatic heterocycles. The molecule has 2 rings (SSSR count).